The van der Waals surface area contributed by atoms with Gasteiger partial charge in [-0.05, 0) is 22.7 Å². The van der Waals surface area contributed by atoms with Gasteiger partial charge in [0.05, 0.1) is 6.07 Å². The van der Waals surface area contributed by atoms with Crippen molar-refractivity contribution in [2.75, 3.05) is 0 Å². The highest BCUT2D eigenvalue weighted by Crippen LogP contribution is 2.27. The van der Waals surface area contributed by atoms with Crippen molar-refractivity contribution in [3.63, 3.8) is 0 Å². The Bertz CT molecular complexity index is 554. The largest absolute Gasteiger partial charge is 0.381 e. The summed E-state index contributed by atoms with van der Waals surface area (Å²) in [6, 6.07) is 2.19. The first-order valence-electron chi connectivity index (χ1n) is 6.43. The molecular weight excluding hydrogens is 262 g/mol. The van der Waals surface area contributed by atoms with Crippen LogP contribution in [0.3, 0.4) is 0 Å². The van der Waals surface area contributed by atoms with Gasteiger partial charge in [0.25, 0.3) is 0 Å². The molecule has 0 aromatic carbocycles. The Morgan fingerprint density at radius 3 is 2.80 bits per heavy atom. The lowest BCUT2D eigenvalue weighted by molar-refractivity contribution is -0.389. The number of imidazole rings is 1. The van der Waals surface area contributed by atoms with Gasteiger partial charge < -0.3 is 20.0 Å². The van der Waals surface area contributed by atoms with E-state index >= 15 is 0 Å². The van der Waals surface area contributed by atoms with Crippen LogP contribution in [0.5, 0.6) is 0 Å². The molecule has 8 nitrogen and oxygen atoms in total. The van der Waals surface area contributed by atoms with Crippen LogP contribution in [0.1, 0.15) is 32.1 Å². The molecule has 2 rings (SSSR count). The molecule has 1 amide bonds. The van der Waals surface area contributed by atoms with Gasteiger partial charge in [-0.2, -0.15) is 5.26 Å². The molecule has 20 heavy (non-hydrogen) atoms. The summed E-state index contributed by atoms with van der Waals surface area (Å²) in [6.07, 6.45) is 6.65. The third-order valence-electron chi connectivity index (χ3n) is 3.43. The van der Waals surface area contributed by atoms with E-state index in [2.05, 4.69) is 16.4 Å². The SMILES string of the molecule is N#CC1(NC(=O)Cn2cnc([N+](=O)[O-])c2)CCCCC1. The van der Waals surface area contributed by atoms with Gasteiger partial charge in [0.1, 0.15) is 18.3 Å². The van der Waals surface area contributed by atoms with Crippen molar-refractivity contribution in [1.29, 1.82) is 5.26 Å². The minimum atomic E-state index is -0.790. The number of hydrogen-bond acceptors (Lipinski definition) is 5. The molecule has 0 atom stereocenters. The lowest BCUT2D eigenvalue weighted by Crippen LogP contribution is -2.49. The van der Waals surface area contributed by atoms with Crippen LogP contribution < -0.4 is 5.32 Å². The molecule has 0 spiro atoms. The summed E-state index contributed by atoms with van der Waals surface area (Å²) in [6.45, 7) is -0.0791. The minimum Gasteiger partial charge on any atom is -0.358 e. The van der Waals surface area contributed by atoms with Crippen molar-refractivity contribution in [3.05, 3.63) is 22.6 Å². The Kier molecular flexibility index (Phi) is 3.98. The number of carbonyl (C=O) groups excluding carboxylic acids is 1. The molecule has 0 radical (unpaired) electrons. The molecule has 1 heterocycles. The molecule has 0 aliphatic heterocycles. The fourth-order valence-electron chi connectivity index (χ4n) is 2.42. The number of carbonyl (C=O) groups is 1. The number of nitro groups is 1. The maximum Gasteiger partial charge on any atom is 0.381 e. The van der Waals surface area contributed by atoms with Crippen LogP contribution in [0.15, 0.2) is 12.5 Å². The van der Waals surface area contributed by atoms with E-state index in [4.69, 9.17) is 0 Å². The van der Waals surface area contributed by atoms with Crippen molar-refractivity contribution >= 4 is 11.7 Å². The molecule has 1 fully saturated rings. The minimum absolute atomic E-state index is 0.0791. The Balaban J connectivity index is 1.97. The molecule has 1 aromatic heterocycles. The smallest absolute Gasteiger partial charge is 0.358 e. The van der Waals surface area contributed by atoms with E-state index in [0.29, 0.717) is 12.8 Å². The fraction of sp³-hybridized carbons (Fsp3) is 0.583. The van der Waals surface area contributed by atoms with Gasteiger partial charge >= 0.3 is 5.82 Å². The average Bonchev–Trinajstić information content (AvgIpc) is 2.88. The Morgan fingerprint density at radius 2 is 2.25 bits per heavy atom. The van der Waals surface area contributed by atoms with Crippen molar-refractivity contribution in [1.82, 2.24) is 14.9 Å². The van der Waals surface area contributed by atoms with E-state index in [9.17, 15) is 20.2 Å². The monoisotopic (exact) mass is 277 g/mol. The Labute approximate surface area is 115 Å². The van der Waals surface area contributed by atoms with Crippen molar-refractivity contribution in [2.45, 2.75) is 44.2 Å². The zero-order chi connectivity index (χ0) is 14.6. The lowest BCUT2D eigenvalue weighted by Gasteiger charge is -2.31. The summed E-state index contributed by atoms with van der Waals surface area (Å²) in [4.78, 5) is 25.4. The van der Waals surface area contributed by atoms with Crippen LogP contribution in [0.25, 0.3) is 0 Å². The van der Waals surface area contributed by atoms with Gasteiger partial charge in [0.2, 0.25) is 12.2 Å². The first kappa shape index (κ1) is 14.0. The van der Waals surface area contributed by atoms with E-state index in [1.807, 2.05) is 0 Å². The van der Waals surface area contributed by atoms with Crippen LogP contribution in [-0.4, -0.2) is 25.9 Å². The second-order valence-electron chi connectivity index (χ2n) is 4.96. The first-order valence-corrected chi connectivity index (χ1v) is 6.43. The highest BCUT2D eigenvalue weighted by atomic mass is 16.6. The summed E-state index contributed by atoms with van der Waals surface area (Å²) < 4.78 is 1.33. The summed E-state index contributed by atoms with van der Waals surface area (Å²) in [5.41, 5.74) is -0.790. The van der Waals surface area contributed by atoms with Gasteiger partial charge in [0, 0.05) is 0 Å². The van der Waals surface area contributed by atoms with Crippen molar-refractivity contribution < 1.29 is 9.72 Å². The van der Waals surface area contributed by atoms with Crippen LogP contribution >= 0.6 is 0 Å². The second-order valence-corrected chi connectivity index (χ2v) is 4.96. The van der Waals surface area contributed by atoms with Gasteiger partial charge in [-0.15, -0.1) is 0 Å². The van der Waals surface area contributed by atoms with Crippen LogP contribution in [-0.2, 0) is 11.3 Å². The molecule has 1 aromatic rings. The number of nitrogens with zero attached hydrogens (tertiary/aromatic N) is 4. The third-order valence-corrected chi connectivity index (χ3v) is 3.43. The van der Waals surface area contributed by atoms with Gasteiger partial charge in [-0.1, -0.05) is 19.3 Å². The molecule has 1 aliphatic rings. The molecule has 0 bridgehead atoms. The Hall–Kier alpha value is -2.43. The topological polar surface area (TPSA) is 114 Å². The number of amides is 1. The number of rotatable bonds is 4. The summed E-state index contributed by atoms with van der Waals surface area (Å²) >= 11 is 0. The van der Waals surface area contributed by atoms with E-state index in [1.165, 1.54) is 17.1 Å². The molecule has 0 saturated heterocycles. The zero-order valence-electron chi connectivity index (χ0n) is 10.9. The quantitative estimate of drug-likeness (QED) is 0.654. The van der Waals surface area contributed by atoms with Crippen molar-refractivity contribution in [2.24, 2.45) is 0 Å². The van der Waals surface area contributed by atoms with E-state index in [0.717, 1.165) is 19.3 Å². The number of nitriles is 1. The predicted molar refractivity (Wildman–Crippen MR) is 68.5 cm³/mol. The molecule has 1 N–H and O–H groups in total. The Morgan fingerprint density at radius 1 is 1.55 bits per heavy atom. The highest BCUT2D eigenvalue weighted by Gasteiger charge is 2.33. The van der Waals surface area contributed by atoms with Crippen LogP contribution in [0.4, 0.5) is 5.82 Å². The number of nitrogens with one attached hydrogen (secondary N) is 1. The highest BCUT2D eigenvalue weighted by molar-refractivity contribution is 5.77. The average molecular weight is 277 g/mol. The zero-order valence-corrected chi connectivity index (χ0v) is 10.9. The molecule has 106 valence electrons. The molecule has 0 unspecified atom stereocenters. The van der Waals surface area contributed by atoms with Crippen LogP contribution in [0, 0.1) is 21.4 Å². The second kappa shape index (κ2) is 5.69. The summed E-state index contributed by atoms with van der Waals surface area (Å²) in [5, 5.41) is 22.5. The van der Waals surface area contributed by atoms with Crippen molar-refractivity contribution in [3.8, 4) is 6.07 Å². The summed E-state index contributed by atoms with van der Waals surface area (Å²) in [7, 11) is 0. The van der Waals surface area contributed by atoms with E-state index in [-0.39, 0.29) is 18.3 Å². The predicted octanol–water partition coefficient (Wildman–Crippen LogP) is 1.13. The fourth-order valence-corrected chi connectivity index (χ4v) is 2.42. The van der Waals surface area contributed by atoms with E-state index in [1.54, 1.807) is 0 Å². The summed E-state index contributed by atoms with van der Waals surface area (Å²) in [5.74, 6) is -0.633. The van der Waals surface area contributed by atoms with Crippen LogP contribution in [0.2, 0.25) is 0 Å². The molecule has 8 heteroatoms. The number of aromatic nitrogens is 2. The normalized spacial score (nSPS) is 17.1. The molecule has 1 saturated carbocycles. The first-order chi connectivity index (χ1) is 9.54. The molecular formula is C12H15N5O3. The maximum absolute atomic E-state index is 11.9. The van der Waals surface area contributed by atoms with E-state index < -0.39 is 10.5 Å². The number of hydrogen-bond donors (Lipinski definition) is 1. The third kappa shape index (κ3) is 3.12. The van der Waals surface area contributed by atoms with Gasteiger partial charge in [-0.3, -0.25) is 4.79 Å². The van der Waals surface area contributed by atoms with Gasteiger partial charge in [0.15, 0.2) is 0 Å². The molecule has 1 aliphatic carbocycles. The lowest BCUT2D eigenvalue weighted by atomic mass is 9.83. The maximum atomic E-state index is 11.9. The van der Waals surface area contributed by atoms with Gasteiger partial charge in [-0.25, -0.2) is 0 Å². The standard InChI is InChI=1S/C12H15N5O3/c13-8-12(4-2-1-3-5-12)15-11(18)7-16-6-10(14-9-16)17(19)20/h6,9H,1-5,7H2,(H,15,18).